The lowest BCUT2D eigenvalue weighted by atomic mass is 9.77. The fourth-order valence-corrected chi connectivity index (χ4v) is 4.25. The summed E-state index contributed by atoms with van der Waals surface area (Å²) in [7, 11) is 0. The maximum absolute atomic E-state index is 12.8. The molecule has 2 fully saturated rings. The number of carbonyl (C=O) groups excluding carboxylic acids is 1. The highest BCUT2D eigenvalue weighted by molar-refractivity contribution is 5.90. The molecule has 0 radical (unpaired) electrons. The minimum absolute atomic E-state index is 0.160. The molecule has 0 saturated carbocycles. The van der Waals surface area contributed by atoms with Crippen molar-refractivity contribution in [2.75, 3.05) is 13.3 Å². The Balaban J connectivity index is 1.42. The van der Waals surface area contributed by atoms with Gasteiger partial charge in [0, 0.05) is 6.54 Å². The minimum atomic E-state index is -0.977. The zero-order chi connectivity index (χ0) is 16.5. The van der Waals surface area contributed by atoms with E-state index in [2.05, 4.69) is 0 Å². The molecule has 0 aliphatic carbocycles. The lowest BCUT2D eigenvalue weighted by Crippen LogP contribution is -2.39. The molecular weight excluding hydrogens is 314 g/mol. The van der Waals surface area contributed by atoms with Crippen LogP contribution in [0.25, 0.3) is 0 Å². The van der Waals surface area contributed by atoms with E-state index in [1.165, 1.54) is 0 Å². The van der Waals surface area contributed by atoms with Crippen molar-refractivity contribution in [3.63, 3.8) is 0 Å². The van der Waals surface area contributed by atoms with E-state index in [4.69, 9.17) is 14.2 Å². The van der Waals surface area contributed by atoms with Crippen LogP contribution < -0.4 is 9.47 Å². The van der Waals surface area contributed by atoms with Crippen LogP contribution in [-0.2, 0) is 20.9 Å². The van der Waals surface area contributed by atoms with E-state index in [9.17, 15) is 14.7 Å². The van der Waals surface area contributed by atoms with E-state index >= 15 is 0 Å². The molecule has 4 aliphatic rings. The predicted octanol–water partition coefficient (Wildman–Crippen LogP) is 0.782. The number of carbonyl (C=O) groups is 2. The molecule has 5 rings (SSSR count). The van der Waals surface area contributed by atoms with E-state index in [0.29, 0.717) is 24.6 Å². The number of benzene rings is 1. The van der Waals surface area contributed by atoms with Crippen molar-refractivity contribution >= 4 is 11.9 Å². The molecule has 4 atom stereocenters. The number of carboxylic acid groups (broad SMARTS) is 1. The van der Waals surface area contributed by atoms with Gasteiger partial charge in [0.25, 0.3) is 0 Å². The lowest BCUT2D eigenvalue weighted by molar-refractivity contribution is -0.148. The first-order valence-corrected chi connectivity index (χ1v) is 7.85. The SMILES string of the molecule is O=C(O)[C@H]1[C@H]2C=C[C@@]3(CN(Cc4ccc5c(c4)OCO5)C(=O)[C@@H]13)O2. The summed E-state index contributed by atoms with van der Waals surface area (Å²) in [5, 5.41) is 9.46. The first-order chi connectivity index (χ1) is 11.6. The molecule has 4 aliphatic heterocycles. The van der Waals surface area contributed by atoms with Gasteiger partial charge < -0.3 is 24.2 Å². The van der Waals surface area contributed by atoms with Crippen molar-refractivity contribution in [2.45, 2.75) is 18.2 Å². The van der Waals surface area contributed by atoms with Crippen LogP contribution in [0, 0.1) is 11.8 Å². The number of ether oxygens (including phenoxy) is 3. The average molecular weight is 329 g/mol. The molecule has 2 bridgehead atoms. The summed E-state index contributed by atoms with van der Waals surface area (Å²) in [5.41, 5.74) is 0.121. The number of fused-ring (bicyclic) bond motifs is 2. The van der Waals surface area contributed by atoms with E-state index in [1.54, 1.807) is 11.0 Å². The highest BCUT2D eigenvalue weighted by Crippen LogP contribution is 2.52. The summed E-state index contributed by atoms with van der Waals surface area (Å²) in [5.74, 6) is -1.22. The normalized spacial score (nSPS) is 34.9. The zero-order valence-electron chi connectivity index (χ0n) is 12.7. The molecule has 1 amide bonds. The molecule has 0 unspecified atom stereocenters. The number of nitrogens with zero attached hydrogens (tertiary/aromatic N) is 1. The largest absolute Gasteiger partial charge is 0.481 e. The van der Waals surface area contributed by atoms with Crippen molar-refractivity contribution in [3.05, 3.63) is 35.9 Å². The monoisotopic (exact) mass is 329 g/mol. The van der Waals surface area contributed by atoms with Crippen molar-refractivity contribution in [3.8, 4) is 11.5 Å². The first kappa shape index (κ1) is 13.9. The molecule has 124 valence electrons. The lowest BCUT2D eigenvalue weighted by Gasteiger charge is -2.21. The van der Waals surface area contributed by atoms with Gasteiger partial charge in [0.15, 0.2) is 11.5 Å². The third-order valence-electron chi connectivity index (χ3n) is 5.27. The Kier molecular flexibility index (Phi) is 2.60. The van der Waals surface area contributed by atoms with Gasteiger partial charge in [0.05, 0.1) is 18.6 Å². The van der Waals surface area contributed by atoms with Crippen LogP contribution >= 0.6 is 0 Å². The van der Waals surface area contributed by atoms with Gasteiger partial charge in [-0.15, -0.1) is 0 Å². The molecule has 7 heteroatoms. The maximum Gasteiger partial charge on any atom is 0.310 e. The summed E-state index contributed by atoms with van der Waals surface area (Å²) in [6.07, 6.45) is 3.13. The first-order valence-electron chi connectivity index (χ1n) is 7.85. The maximum atomic E-state index is 12.8. The summed E-state index contributed by atoms with van der Waals surface area (Å²) in [6.45, 7) is 0.969. The summed E-state index contributed by atoms with van der Waals surface area (Å²) >= 11 is 0. The van der Waals surface area contributed by atoms with E-state index < -0.39 is 29.5 Å². The Hall–Kier alpha value is -2.54. The minimum Gasteiger partial charge on any atom is -0.481 e. The number of hydrogen-bond acceptors (Lipinski definition) is 5. The zero-order valence-corrected chi connectivity index (χ0v) is 12.7. The standard InChI is InChI=1S/C17H15NO6/c19-15-14-13(16(20)21)11-3-4-17(14,24-11)7-18(15)6-9-1-2-10-12(5-9)23-8-22-10/h1-5,11,13-14H,6-8H2,(H,20,21)/t11-,13+,14-,17+/m1/s1. The Morgan fingerprint density at radius 2 is 2.17 bits per heavy atom. The number of hydrogen-bond donors (Lipinski definition) is 1. The Labute approximate surface area is 137 Å². The Morgan fingerprint density at radius 1 is 1.33 bits per heavy atom. The summed E-state index contributed by atoms with van der Waals surface area (Å²) < 4.78 is 16.5. The van der Waals surface area contributed by atoms with Gasteiger partial charge in [-0.05, 0) is 17.7 Å². The Morgan fingerprint density at radius 3 is 3.00 bits per heavy atom. The highest BCUT2D eigenvalue weighted by Gasteiger charge is 2.66. The van der Waals surface area contributed by atoms with Gasteiger partial charge in [-0.3, -0.25) is 9.59 Å². The van der Waals surface area contributed by atoms with E-state index in [0.717, 1.165) is 5.56 Å². The molecule has 1 spiro atoms. The molecule has 1 aromatic rings. The molecule has 1 aromatic carbocycles. The molecule has 24 heavy (non-hydrogen) atoms. The van der Waals surface area contributed by atoms with E-state index in [-0.39, 0.29) is 12.7 Å². The number of rotatable bonds is 3. The molecule has 1 N–H and O–H groups in total. The van der Waals surface area contributed by atoms with Crippen LogP contribution in [0.5, 0.6) is 11.5 Å². The van der Waals surface area contributed by atoms with Crippen LogP contribution in [0.3, 0.4) is 0 Å². The predicted molar refractivity (Wildman–Crippen MR) is 79.3 cm³/mol. The molecule has 2 saturated heterocycles. The van der Waals surface area contributed by atoms with Gasteiger partial charge in [0.1, 0.15) is 11.5 Å². The third-order valence-corrected chi connectivity index (χ3v) is 5.27. The number of carboxylic acids is 1. The van der Waals surface area contributed by atoms with Crippen molar-refractivity contribution < 1.29 is 28.9 Å². The van der Waals surface area contributed by atoms with Crippen LogP contribution in [0.15, 0.2) is 30.4 Å². The van der Waals surface area contributed by atoms with Crippen molar-refractivity contribution in [1.29, 1.82) is 0 Å². The number of amides is 1. The van der Waals surface area contributed by atoms with Crippen LogP contribution in [0.1, 0.15) is 5.56 Å². The van der Waals surface area contributed by atoms with Crippen molar-refractivity contribution in [1.82, 2.24) is 4.90 Å². The van der Waals surface area contributed by atoms with E-state index in [1.807, 2.05) is 24.3 Å². The van der Waals surface area contributed by atoms with Gasteiger partial charge >= 0.3 is 5.97 Å². The average Bonchev–Trinajstić information content (AvgIpc) is 3.28. The third kappa shape index (κ3) is 1.70. The second-order valence-corrected chi connectivity index (χ2v) is 6.62. The molecule has 7 nitrogen and oxygen atoms in total. The smallest absolute Gasteiger partial charge is 0.310 e. The highest BCUT2D eigenvalue weighted by atomic mass is 16.7. The van der Waals surface area contributed by atoms with Gasteiger partial charge in [-0.2, -0.15) is 0 Å². The van der Waals surface area contributed by atoms with Gasteiger partial charge in [0.2, 0.25) is 12.7 Å². The molecular formula is C17H15NO6. The quantitative estimate of drug-likeness (QED) is 0.825. The topological polar surface area (TPSA) is 85.3 Å². The number of aliphatic carboxylic acids is 1. The van der Waals surface area contributed by atoms with Crippen molar-refractivity contribution in [2.24, 2.45) is 11.8 Å². The fraction of sp³-hybridized carbons (Fsp3) is 0.412. The van der Waals surface area contributed by atoms with Gasteiger partial charge in [-0.1, -0.05) is 18.2 Å². The second-order valence-electron chi connectivity index (χ2n) is 6.62. The fourth-order valence-electron chi connectivity index (χ4n) is 4.25. The Bertz CT molecular complexity index is 789. The van der Waals surface area contributed by atoms with Crippen LogP contribution in [0.4, 0.5) is 0 Å². The molecule has 0 aromatic heterocycles. The van der Waals surface area contributed by atoms with Crippen LogP contribution in [-0.4, -0.2) is 46.9 Å². The number of likely N-dealkylation sites (tertiary alicyclic amines) is 1. The summed E-state index contributed by atoms with van der Waals surface area (Å²) in [4.78, 5) is 26.0. The summed E-state index contributed by atoms with van der Waals surface area (Å²) in [6, 6.07) is 5.55. The van der Waals surface area contributed by atoms with Gasteiger partial charge in [-0.25, -0.2) is 0 Å². The molecule has 4 heterocycles. The van der Waals surface area contributed by atoms with Crippen LogP contribution in [0.2, 0.25) is 0 Å². The second kappa shape index (κ2) is 4.51.